The predicted molar refractivity (Wildman–Crippen MR) is 183 cm³/mol. The summed E-state index contributed by atoms with van der Waals surface area (Å²) in [4.78, 5) is 47.5. The third-order valence-corrected chi connectivity index (χ3v) is 8.05. The SMILES string of the molecule is COc1ccc2cc1OCCCN(C(=O)CCCn1cncn1)CCCCN(C(=O)COc1ccccc1OC)CCn1ccnc1-2.O=CO. The number of carboxylic acid groups (broad SMARTS) is 1. The van der Waals surface area contributed by atoms with Gasteiger partial charge in [-0.3, -0.25) is 19.1 Å². The third-order valence-electron chi connectivity index (χ3n) is 8.05. The van der Waals surface area contributed by atoms with Gasteiger partial charge in [0.05, 0.1) is 20.8 Å². The molecule has 3 heterocycles. The molecule has 0 saturated heterocycles. The second-order valence-electron chi connectivity index (χ2n) is 11.3. The first-order valence-corrected chi connectivity index (χ1v) is 16.5. The normalized spacial score (nSPS) is 13.8. The van der Waals surface area contributed by atoms with Crippen LogP contribution in [0.5, 0.6) is 23.0 Å². The number of nitrogens with zero attached hydrogens (tertiary/aromatic N) is 7. The number of hydrogen-bond donors (Lipinski definition) is 1. The highest BCUT2D eigenvalue weighted by atomic mass is 16.5. The Morgan fingerprint density at radius 1 is 0.920 bits per heavy atom. The Bertz CT molecular complexity index is 1630. The van der Waals surface area contributed by atoms with Gasteiger partial charge in [0, 0.05) is 63.6 Å². The summed E-state index contributed by atoms with van der Waals surface area (Å²) in [5.41, 5.74) is 0.872. The van der Waals surface area contributed by atoms with E-state index in [1.54, 1.807) is 43.6 Å². The smallest absolute Gasteiger partial charge is 0.290 e. The fraction of sp³-hybridized carbons (Fsp3) is 0.429. The molecule has 5 rings (SSSR count). The molecule has 1 aliphatic heterocycles. The topological polar surface area (TPSA) is 163 Å². The van der Waals surface area contributed by atoms with Crippen LogP contribution in [0.15, 0.2) is 67.5 Å². The molecule has 1 N–H and O–H groups in total. The number of benzene rings is 2. The van der Waals surface area contributed by atoms with E-state index in [0.717, 1.165) is 24.2 Å². The van der Waals surface area contributed by atoms with E-state index in [2.05, 4.69) is 15.1 Å². The van der Waals surface area contributed by atoms with Crippen LogP contribution < -0.4 is 18.9 Å². The Balaban J connectivity index is 0.00000181. The monoisotopic (exact) mass is 691 g/mol. The molecule has 0 aliphatic carbocycles. The fourth-order valence-corrected chi connectivity index (χ4v) is 5.54. The summed E-state index contributed by atoms with van der Waals surface area (Å²) in [6, 6.07) is 13.0. The average Bonchev–Trinajstić information content (AvgIpc) is 3.84. The maximum absolute atomic E-state index is 13.5. The van der Waals surface area contributed by atoms with E-state index in [-0.39, 0.29) is 24.9 Å². The van der Waals surface area contributed by atoms with Crippen LogP contribution in [0.2, 0.25) is 0 Å². The lowest BCUT2D eigenvalue weighted by atomic mass is 10.2. The molecule has 50 heavy (non-hydrogen) atoms. The first-order chi connectivity index (χ1) is 24.5. The van der Waals surface area contributed by atoms with E-state index in [1.807, 2.05) is 50.9 Å². The van der Waals surface area contributed by atoms with Crippen molar-refractivity contribution in [2.75, 3.05) is 53.6 Å². The van der Waals surface area contributed by atoms with Crippen molar-refractivity contribution in [3.63, 3.8) is 0 Å². The minimum atomic E-state index is -0.250. The van der Waals surface area contributed by atoms with E-state index < -0.39 is 0 Å². The highest BCUT2D eigenvalue weighted by Gasteiger charge is 2.19. The minimum Gasteiger partial charge on any atom is -0.493 e. The standard InChI is InChI=1S/C34H43N7O6.CH2O2/c1-44-28-9-3-4-10-30(28)47-24-33(43)39-16-6-5-15-38(32(42)11-7-18-41-26-35-25-37-41)17-8-22-46-31-23-27(12-13-29(31)45-2)34-36-14-19-40(34)21-20-39;2-1-3/h3-4,9-10,12-14,19,23,25-26H,5-8,11,15-18,20-22,24H2,1-2H3;1H,(H,2,3). The number of imidazole rings is 1. The van der Waals surface area contributed by atoms with Crippen molar-refractivity contribution in [1.29, 1.82) is 0 Å². The van der Waals surface area contributed by atoms with E-state index >= 15 is 0 Å². The summed E-state index contributed by atoms with van der Waals surface area (Å²) in [5, 5.41) is 11.0. The maximum atomic E-state index is 13.5. The summed E-state index contributed by atoms with van der Waals surface area (Å²) >= 11 is 0. The van der Waals surface area contributed by atoms with Crippen LogP contribution in [0.1, 0.15) is 32.1 Å². The van der Waals surface area contributed by atoms with E-state index in [1.165, 1.54) is 6.33 Å². The van der Waals surface area contributed by atoms with Gasteiger partial charge in [0.25, 0.3) is 12.4 Å². The second-order valence-corrected chi connectivity index (χ2v) is 11.3. The number of ether oxygens (including phenoxy) is 4. The molecule has 0 radical (unpaired) electrons. The van der Waals surface area contributed by atoms with Gasteiger partial charge in [-0.25, -0.2) is 9.97 Å². The first-order valence-electron chi connectivity index (χ1n) is 16.5. The molecule has 2 amide bonds. The van der Waals surface area contributed by atoms with Gasteiger partial charge in [0.15, 0.2) is 29.6 Å². The zero-order chi connectivity index (χ0) is 35.6. The number of aromatic nitrogens is 5. The lowest BCUT2D eigenvalue weighted by Gasteiger charge is -2.26. The molecule has 1 aliphatic rings. The predicted octanol–water partition coefficient (Wildman–Crippen LogP) is 3.64. The molecule has 2 bridgehead atoms. The van der Waals surface area contributed by atoms with Gasteiger partial charge in [-0.2, -0.15) is 5.10 Å². The van der Waals surface area contributed by atoms with Crippen LogP contribution in [0.25, 0.3) is 11.4 Å². The Hall–Kier alpha value is -5.60. The van der Waals surface area contributed by atoms with Crippen molar-refractivity contribution in [3.8, 4) is 34.4 Å². The number of amides is 2. The lowest BCUT2D eigenvalue weighted by molar-refractivity contribution is -0.134. The van der Waals surface area contributed by atoms with E-state index in [4.69, 9.17) is 28.8 Å². The fourth-order valence-electron chi connectivity index (χ4n) is 5.54. The minimum absolute atomic E-state index is 0.0891. The summed E-state index contributed by atoms with van der Waals surface area (Å²) in [6.45, 7) is 3.36. The molecule has 0 saturated carbocycles. The zero-order valence-electron chi connectivity index (χ0n) is 28.6. The van der Waals surface area contributed by atoms with Crippen LogP contribution in [0.3, 0.4) is 0 Å². The highest BCUT2D eigenvalue weighted by molar-refractivity contribution is 5.78. The zero-order valence-corrected chi connectivity index (χ0v) is 28.6. The lowest BCUT2D eigenvalue weighted by Crippen LogP contribution is -2.38. The van der Waals surface area contributed by atoms with Crippen molar-refractivity contribution < 1.29 is 38.4 Å². The molecule has 0 unspecified atom stereocenters. The maximum Gasteiger partial charge on any atom is 0.290 e. The Kier molecular flexibility index (Phi) is 14.9. The van der Waals surface area contributed by atoms with Crippen LogP contribution in [0, 0.1) is 0 Å². The van der Waals surface area contributed by atoms with Crippen LogP contribution in [-0.4, -0.2) is 111 Å². The van der Waals surface area contributed by atoms with Crippen molar-refractivity contribution in [2.45, 2.75) is 45.2 Å². The number of methoxy groups -OCH3 is 2. The number of fused-ring (bicyclic) bond motifs is 4. The molecule has 15 heteroatoms. The second kappa shape index (κ2) is 20.0. The molecule has 0 atom stereocenters. The molecule has 268 valence electrons. The summed E-state index contributed by atoms with van der Waals surface area (Å²) in [7, 11) is 3.18. The molecule has 15 nitrogen and oxygen atoms in total. The van der Waals surface area contributed by atoms with Gasteiger partial charge in [-0.15, -0.1) is 0 Å². The molecule has 0 spiro atoms. The van der Waals surface area contributed by atoms with Crippen molar-refractivity contribution in [2.24, 2.45) is 0 Å². The molecular weight excluding hydrogens is 646 g/mol. The van der Waals surface area contributed by atoms with E-state index in [0.29, 0.717) is 88.1 Å². The average molecular weight is 692 g/mol. The van der Waals surface area contributed by atoms with Crippen molar-refractivity contribution >= 4 is 18.3 Å². The number of carbonyl (C=O) groups is 3. The van der Waals surface area contributed by atoms with Crippen LogP contribution in [0.4, 0.5) is 0 Å². The van der Waals surface area contributed by atoms with E-state index in [9.17, 15) is 9.59 Å². The number of carbonyl (C=O) groups excluding carboxylic acids is 2. The molecule has 0 fully saturated rings. The van der Waals surface area contributed by atoms with Gasteiger partial charge in [0.2, 0.25) is 5.91 Å². The van der Waals surface area contributed by atoms with Crippen LogP contribution >= 0.6 is 0 Å². The highest BCUT2D eigenvalue weighted by Crippen LogP contribution is 2.32. The van der Waals surface area contributed by atoms with Crippen molar-refractivity contribution in [1.82, 2.24) is 34.1 Å². The number of para-hydroxylation sites is 2. The summed E-state index contributed by atoms with van der Waals surface area (Å²) in [5.74, 6) is 3.05. The third kappa shape index (κ3) is 11.0. The molecule has 2 aromatic carbocycles. The summed E-state index contributed by atoms with van der Waals surface area (Å²) < 4.78 is 26.8. The van der Waals surface area contributed by atoms with Crippen LogP contribution in [-0.2, 0) is 27.5 Å². The Labute approximate surface area is 291 Å². The quantitative estimate of drug-likeness (QED) is 0.255. The molecule has 4 aromatic rings. The number of hydrogen-bond acceptors (Lipinski definition) is 10. The largest absolute Gasteiger partial charge is 0.493 e. The first kappa shape index (κ1) is 37.2. The number of aryl methyl sites for hydroxylation is 1. The Morgan fingerprint density at radius 3 is 2.36 bits per heavy atom. The van der Waals surface area contributed by atoms with Gasteiger partial charge in [0.1, 0.15) is 18.5 Å². The van der Waals surface area contributed by atoms with Crippen molar-refractivity contribution in [3.05, 3.63) is 67.5 Å². The number of rotatable bonds is 9. The summed E-state index contributed by atoms with van der Waals surface area (Å²) in [6.07, 6.45) is 10.0. The van der Waals surface area contributed by atoms with Gasteiger partial charge in [-0.05, 0) is 56.0 Å². The molecule has 2 aromatic heterocycles. The Morgan fingerprint density at radius 2 is 1.64 bits per heavy atom. The molecular formula is C35H45N7O8. The van der Waals surface area contributed by atoms with Gasteiger partial charge < -0.3 is 38.4 Å². The van der Waals surface area contributed by atoms with Gasteiger partial charge in [-0.1, -0.05) is 12.1 Å². The van der Waals surface area contributed by atoms with Gasteiger partial charge >= 0.3 is 0 Å².